The van der Waals surface area contributed by atoms with Crippen LogP contribution in [0.3, 0.4) is 0 Å². The molecule has 3 amide bonds. The monoisotopic (exact) mass is 494 g/mol. The Morgan fingerprint density at radius 3 is 2.53 bits per heavy atom. The highest BCUT2D eigenvalue weighted by Crippen LogP contribution is 2.31. The summed E-state index contributed by atoms with van der Waals surface area (Å²) in [7, 11) is 1.41. The van der Waals surface area contributed by atoms with E-state index in [0.29, 0.717) is 16.6 Å². The number of hydrogen-bond acceptors (Lipinski definition) is 6. The summed E-state index contributed by atoms with van der Waals surface area (Å²) in [6.45, 7) is -0.544. The molecule has 2 N–H and O–H groups in total. The second-order valence-corrected chi connectivity index (χ2v) is 8.29. The fraction of sp³-hybridized carbons (Fsp3) is 0.273. The zero-order valence-corrected chi connectivity index (χ0v) is 18.8. The summed E-state index contributed by atoms with van der Waals surface area (Å²) in [6.07, 6.45) is -4.03. The van der Waals surface area contributed by atoms with Gasteiger partial charge in [0.2, 0.25) is 17.7 Å². The third-order valence-electron chi connectivity index (χ3n) is 4.57. The van der Waals surface area contributed by atoms with E-state index >= 15 is 0 Å². The summed E-state index contributed by atoms with van der Waals surface area (Å²) >= 11 is 0.968. The molecule has 1 aromatic heterocycles. The van der Waals surface area contributed by atoms with Crippen LogP contribution in [0.4, 0.5) is 18.3 Å². The molecule has 1 heterocycles. The zero-order valence-electron chi connectivity index (χ0n) is 18.0. The van der Waals surface area contributed by atoms with Crippen molar-refractivity contribution < 1.29 is 32.3 Å². The largest absolute Gasteiger partial charge is 0.573 e. The van der Waals surface area contributed by atoms with Gasteiger partial charge in [0.25, 0.3) is 0 Å². The lowest BCUT2D eigenvalue weighted by molar-refractivity contribution is -0.274. The quantitative estimate of drug-likeness (QED) is 0.475. The number of carbonyl (C=O) groups is 3. The molecule has 0 aliphatic rings. The third kappa shape index (κ3) is 7.73. The molecule has 12 heteroatoms. The minimum absolute atomic E-state index is 0.166. The first-order chi connectivity index (χ1) is 16.1. The van der Waals surface area contributed by atoms with E-state index in [1.807, 2.05) is 30.3 Å². The summed E-state index contributed by atoms with van der Waals surface area (Å²) in [6, 6.07) is 13.1. The van der Waals surface area contributed by atoms with Crippen LogP contribution < -0.4 is 15.4 Å². The smallest absolute Gasteiger partial charge is 0.406 e. The first kappa shape index (κ1) is 25.0. The number of aromatic nitrogens is 1. The van der Waals surface area contributed by atoms with Crippen LogP contribution in [0.5, 0.6) is 5.75 Å². The van der Waals surface area contributed by atoms with E-state index in [-0.39, 0.29) is 30.5 Å². The maximum Gasteiger partial charge on any atom is 0.573 e. The van der Waals surface area contributed by atoms with Crippen LogP contribution in [0.15, 0.2) is 48.5 Å². The number of carbonyl (C=O) groups excluding carboxylic acids is 3. The van der Waals surface area contributed by atoms with Gasteiger partial charge in [0.15, 0.2) is 5.13 Å². The lowest BCUT2D eigenvalue weighted by Crippen LogP contribution is -2.41. The van der Waals surface area contributed by atoms with Gasteiger partial charge >= 0.3 is 6.36 Å². The number of amides is 3. The van der Waals surface area contributed by atoms with Crippen molar-refractivity contribution in [3.05, 3.63) is 54.1 Å². The molecule has 0 spiro atoms. The molecule has 3 aromatic rings. The van der Waals surface area contributed by atoms with Crippen LogP contribution in [-0.2, 0) is 20.8 Å². The Morgan fingerprint density at radius 1 is 1.09 bits per heavy atom. The number of benzene rings is 2. The van der Waals surface area contributed by atoms with E-state index in [0.717, 1.165) is 27.9 Å². The Kier molecular flexibility index (Phi) is 8.05. The van der Waals surface area contributed by atoms with Crippen LogP contribution in [-0.4, -0.2) is 54.1 Å². The minimum Gasteiger partial charge on any atom is -0.406 e. The Hall–Kier alpha value is -3.67. The van der Waals surface area contributed by atoms with E-state index in [2.05, 4.69) is 20.4 Å². The van der Waals surface area contributed by atoms with E-state index in [4.69, 9.17) is 0 Å². The second-order valence-electron chi connectivity index (χ2n) is 7.26. The molecule has 0 bridgehead atoms. The molecule has 8 nitrogen and oxygen atoms in total. The number of anilines is 1. The van der Waals surface area contributed by atoms with Gasteiger partial charge in [-0.3, -0.25) is 14.4 Å². The number of rotatable bonds is 9. The van der Waals surface area contributed by atoms with E-state index in [1.54, 1.807) is 0 Å². The number of nitrogens with zero attached hydrogens (tertiary/aromatic N) is 2. The predicted octanol–water partition coefficient (Wildman–Crippen LogP) is 3.34. The van der Waals surface area contributed by atoms with Crippen LogP contribution in [0.2, 0.25) is 0 Å². The number of fused-ring (bicyclic) bond motifs is 1. The van der Waals surface area contributed by atoms with Gasteiger partial charge < -0.3 is 20.3 Å². The van der Waals surface area contributed by atoms with Crippen LogP contribution in [0.25, 0.3) is 10.2 Å². The van der Waals surface area contributed by atoms with Gasteiger partial charge in [0, 0.05) is 19.5 Å². The van der Waals surface area contributed by atoms with Gasteiger partial charge in [0.05, 0.1) is 23.3 Å². The molecule has 0 saturated carbocycles. The molecule has 0 fully saturated rings. The number of nitrogens with one attached hydrogen (secondary N) is 2. The molecule has 0 aliphatic heterocycles. The predicted molar refractivity (Wildman–Crippen MR) is 120 cm³/mol. The number of halogens is 3. The molecule has 0 atom stereocenters. The summed E-state index contributed by atoms with van der Waals surface area (Å²) in [5.41, 5.74) is 1.40. The summed E-state index contributed by atoms with van der Waals surface area (Å²) in [5.74, 6) is -1.67. The Bertz CT molecular complexity index is 1170. The van der Waals surface area contributed by atoms with Crippen molar-refractivity contribution in [3.63, 3.8) is 0 Å². The minimum atomic E-state index is -4.81. The number of likely N-dealkylation sites (N-methyl/N-ethyl adjacent to an activating group) is 1. The average Bonchev–Trinajstić information content (AvgIpc) is 3.16. The van der Waals surface area contributed by atoms with Crippen molar-refractivity contribution in [2.75, 3.05) is 25.5 Å². The fourth-order valence-corrected chi connectivity index (χ4v) is 3.83. The molecule has 0 aliphatic carbocycles. The first-order valence-electron chi connectivity index (χ1n) is 10.1. The van der Waals surface area contributed by atoms with Crippen LogP contribution in [0.1, 0.15) is 12.0 Å². The van der Waals surface area contributed by atoms with Crippen LogP contribution >= 0.6 is 11.3 Å². The van der Waals surface area contributed by atoms with Crippen molar-refractivity contribution in [2.24, 2.45) is 0 Å². The highest BCUT2D eigenvalue weighted by molar-refractivity contribution is 7.22. The van der Waals surface area contributed by atoms with Crippen molar-refractivity contribution >= 4 is 44.4 Å². The number of aryl methyl sites for hydroxylation is 1. The lowest BCUT2D eigenvalue weighted by Gasteiger charge is -2.16. The van der Waals surface area contributed by atoms with E-state index < -0.39 is 23.9 Å². The van der Waals surface area contributed by atoms with Crippen molar-refractivity contribution in [2.45, 2.75) is 19.2 Å². The van der Waals surface area contributed by atoms with E-state index in [9.17, 15) is 27.6 Å². The molecule has 3 rings (SSSR count). The zero-order chi connectivity index (χ0) is 24.7. The molecule has 2 aromatic carbocycles. The molecule has 180 valence electrons. The highest BCUT2D eigenvalue weighted by atomic mass is 32.1. The molecular weight excluding hydrogens is 473 g/mol. The van der Waals surface area contributed by atoms with E-state index in [1.165, 1.54) is 19.2 Å². The molecule has 0 saturated heterocycles. The van der Waals surface area contributed by atoms with Gasteiger partial charge in [0.1, 0.15) is 5.75 Å². The maximum atomic E-state index is 12.4. The number of thiazole rings is 1. The van der Waals surface area contributed by atoms with Gasteiger partial charge in [-0.15, -0.1) is 13.2 Å². The fourth-order valence-electron chi connectivity index (χ4n) is 2.92. The number of alkyl halides is 3. The maximum absolute atomic E-state index is 12.4. The normalized spacial score (nSPS) is 11.2. The third-order valence-corrected chi connectivity index (χ3v) is 5.50. The lowest BCUT2D eigenvalue weighted by atomic mass is 10.1. The SMILES string of the molecule is CN(CC(=O)Nc1nc2ccc(OC(F)(F)F)cc2s1)C(=O)CNC(=O)CCc1ccccc1. The van der Waals surface area contributed by atoms with Gasteiger partial charge in [-0.2, -0.15) is 0 Å². The summed E-state index contributed by atoms with van der Waals surface area (Å²) < 4.78 is 41.4. The van der Waals surface area contributed by atoms with Gasteiger partial charge in [-0.05, 0) is 24.1 Å². The number of hydrogen-bond donors (Lipinski definition) is 2. The van der Waals surface area contributed by atoms with Crippen molar-refractivity contribution in [1.29, 1.82) is 0 Å². The Balaban J connectivity index is 1.45. The first-order valence-corrected chi connectivity index (χ1v) is 10.9. The summed E-state index contributed by atoms with van der Waals surface area (Å²) in [5, 5.41) is 5.21. The topological polar surface area (TPSA) is 101 Å². The van der Waals surface area contributed by atoms with Crippen molar-refractivity contribution in [1.82, 2.24) is 15.2 Å². The number of ether oxygens (including phenoxy) is 1. The average molecular weight is 494 g/mol. The van der Waals surface area contributed by atoms with Crippen LogP contribution in [0, 0.1) is 0 Å². The second kappa shape index (κ2) is 11.0. The highest BCUT2D eigenvalue weighted by Gasteiger charge is 2.31. The molecule has 34 heavy (non-hydrogen) atoms. The molecule has 0 unspecified atom stereocenters. The van der Waals surface area contributed by atoms with Gasteiger partial charge in [-0.1, -0.05) is 41.7 Å². The molecule has 0 radical (unpaired) electrons. The Labute approximate surface area is 196 Å². The van der Waals surface area contributed by atoms with Gasteiger partial charge in [-0.25, -0.2) is 4.98 Å². The molecular formula is C22H21F3N4O4S. The van der Waals surface area contributed by atoms with Crippen molar-refractivity contribution in [3.8, 4) is 5.75 Å². The standard InChI is InChI=1S/C22H21F3N4O4S/c1-29(20(32)12-26-18(30)10-7-14-5-3-2-4-6-14)13-19(31)28-21-27-16-9-8-15(11-17(16)34-21)33-22(23,24)25/h2-6,8-9,11H,7,10,12-13H2,1H3,(H,26,30)(H,27,28,31). The summed E-state index contributed by atoms with van der Waals surface area (Å²) in [4.78, 5) is 41.7. The Morgan fingerprint density at radius 2 is 1.82 bits per heavy atom.